The van der Waals surface area contributed by atoms with Gasteiger partial charge < -0.3 is 25.0 Å². The predicted molar refractivity (Wildman–Crippen MR) is 141 cm³/mol. The number of unbranched alkanes of at least 4 members (excludes halogenated alkanes) is 1. The van der Waals surface area contributed by atoms with E-state index in [1.165, 1.54) is 29.7 Å². The molecule has 1 amide bonds. The number of hydrogen-bond donors (Lipinski definition) is 2. The third-order valence-electron chi connectivity index (χ3n) is 5.52. The average Bonchev–Trinajstić information content (AvgIpc) is 2.88. The molecule has 0 fully saturated rings. The van der Waals surface area contributed by atoms with Gasteiger partial charge in [-0.1, -0.05) is 20.3 Å². The van der Waals surface area contributed by atoms with E-state index in [1.54, 1.807) is 33.3 Å². The fourth-order valence-electron chi connectivity index (χ4n) is 3.22. The first-order valence-electron chi connectivity index (χ1n) is 12.0. The van der Waals surface area contributed by atoms with Crippen LogP contribution in [0.1, 0.15) is 37.0 Å². The second-order valence-corrected chi connectivity index (χ2v) is 10.1. The Morgan fingerprint density at radius 3 is 2.25 bits per heavy atom. The van der Waals surface area contributed by atoms with E-state index in [1.807, 2.05) is 4.90 Å². The molecular formula is C24H38N6O5S. The van der Waals surface area contributed by atoms with Crippen molar-refractivity contribution in [2.24, 2.45) is 0 Å². The lowest BCUT2D eigenvalue weighted by Gasteiger charge is -2.25. The van der Waals surface area contributed by atoms with Crippen molar-refractivity contribution < 1.29 is 22.7 Å². The zero-order valence-corrected chi connectivity index (χ0v) is 22.6. The molecule has 2 aromatic rings. The maximum absolute atomic E-state index is 13.3. The molecule has 12 heteroatoms. The summed E-state index contributed by atoms with van der Waals surface area (Å²) in [6.45, 7) is 6.83. The van der Waals surface area contributed by atoms with Crippen LogP contribution in [-0.4, -0.2) is 89.3 Å². The first kappa shape index (κ1) is 29.4. The van der Waals surface area contributed by atoms with Crippen LogP contribution in [0.2, 0.25) is 0 Å². The van der Waals surface area contributed by atoms with Crippen LogP contribution >= 0.6 is 0 Å². The SMILES string of the molecule is CCCCNc1ncc(C(=O)Nc2ccc(S(=O)(=O)N(C)CC)cc2)c(N(CCOC)CCOC)n1. The molecule has 0 bridgehead atoms. The second kappa shape index (κ2) is 14.7. The van der Waals surface area contributed by atoms with Crippen molar-refractivity contribution in [1.82, 2.24) is 14.3 Å². The summed E-state index contributed by atoms with van der Waals surface area (Å²) < 4.78 is 36.8. The van der Waals surface area contributed by atoms with E-state index in [9.17, 15) is 13.2 Å². The number of benzene rings is 1. The lowest BCUT2D eigenvalue weighted by Crippen LogP contribution is -2.33. The second-order valence-electron chi connectivity index (χ2n) is 8.08. The fraction of sp³-hybridized carbons (Fsp3) is 0.542. The third-order valence-corrected chi connectivity index (χ3v) is 7.47. The van der Waals surface area contributed by atoms with E-state index in [-0.39, 0.29) is 10.5 Å². The van der Waals surface area contributed by atoms with Gasteiger partial charge >= 0.3 is 0 Å². The Kier molecular flexibility index (Phi) is 12.0. The molecule has 2 N–H and O–H groups in total. The topological polar surface area (TPSA) is 126 Å². The van der Waals surface area contributed by atoms with Gasteiger partial charge in [-0.25, -0.2) is 17.7 Å². The predicted octanol–water partition coefficient (Wildman–Crippen LogP) is 2.68. The first-order valence-corrected chi connectivity index (χ1v) is 13.4. The van der Waals surface area contributed by atoms with E-state index >= 15 is 0 Å². The van der Waals surface area contributed by atoms with Gasteiger partial charge in [-0.05, 0) is 30.7 Å². The summed E-state index contributed by atoms with van der Waals surface area (Å²) in [6, 6.07) is 6.06. The minimum atomic E-state index is -3.57. The number of anilines is 3. The molecule has 0 radical (unpaired) electrons. The molecule has 200 valence electrons. The summed E-state index contributed by atoms with van der Waals surface area (Å²) >= 11 is 0. The highest BCUT2D eigenvalue weighted by Gasteiger charge is 2.22. The van der Waals surface area contributed by atoms with Gasteiger partial charge in [0.05, 0.1) is 18.1 Å². The maximum atomic E-state index is 13.3. The van der Waals surface area contributed by atoms with Crippen LogP contribution in [-0.2, 0) is 19.5 Å². The number of rotatable bonds is 16. The van der Waals surface area contributed by atoms with Gasteiger partial charge in [0.1, 0.15) is 11.4 Å². The number of nitrogens with one attached hydrogen (secondary N) is 2. The van der Waals surface area contributed by atoms with E-state index in [0.29, 0.717) is 50.3 Å². The molecule has 2 rings (SSSR count). The number of nitrogens with zero attached hydrogens (tertiary/aromatic N) is 4. The van der Waals surface area contributed by atoms with E-state index < -0.39 is 15.9 Å². The summed E-state index contributed by atoms with van der Waals surface area (Å²) in [5.74, 6) is 0.482. The van der Waals surface area contributed by atoms with Crippen LogP contribution in [0.4, 0.5) is 17.5 Å². The Bertz CT molecular complexity index is 1060. The number of hydrogen-bond acceptors (Lipinski definition) is 9. The van der Waals surface area contributed by atoms with Gasteiger partial charge in [-0.2, -0.15) is 4.98 Å². The third kappa shape index (κ3) is 8.12. The number of aromatic nitrogens is 2. The van der Waals surface area contributed by atoms with Crippen LogP contribution in [0.5, 0.6) is 0 Å². The van der Waals surface area contributed by atoms with Crippen molar-refractivity contribution in [3.05, 3.63) is 36.0 Å². The van der Waals surface area contributed by atoms with Crippen molar-refractivity contribution in [3.63, 3.8) is 0 Å². The standard InChI is InChI=1S/C24H38N6O5S/c1-6-8-13-25-24-26-18-21(22(28-24)30(14-16-34-4)15-17-35-5)23(31)27-19-9-11-20(12-10-19)36(32,33)29(3)7-2/h9-12,18H,6-8,13-17H2,1-5H3,(H,27,31)(H,25,26,28). The van der Waals surface area contributed by atoms with Crippen molar-refractivity contribution in [2.75, 3.05) is 76.2 Å². The Morgan fingerprint density at radius 1 is 1.06 bits per heavy atom. The van der Waals surface area contributed by atoms with Crippen molar-refractivity contribution >= 4 is 33.4 Å². The highest BCUT2D eigenvalue weighted by Crippen LogP contribution is 2.22. The molecular weight excluding hydrogens is 484 g/mol. The zero-order valence-electron chi connectivity index (χ0n) is 21.8. The van der Waals surface area contributed by atoms with E-state index in [0.717, 1.165) is 19.4 Å². The minimum Gasteiger partial charge on any atom is -0.383 e. The van der Waals surface area contributed by atoms with Crippen LogP contribution in [0.25, 0.3) is 0 Å². The first-order chi connectivity index (χ1) is 17.3. The summed E-state index contributed by atoms with van der Waals surface area (Å²) in [5.41, 5.74) is 0.736. The fourth-order valence-corrected chi connectivity index (χ4v) is 4.40. The monoisotopic (exact) mass is 522 g/mol. The Morgan fingerprint density at radius 2 is 1.69 bits per heavy atom. The van der Waals surface area contributed by atoms with Crippen LogP contribution < -0.4 is 15.5 Å². The molecule has 0 unspecified atom stereocenters. The smallest absolute Gasteiger partial charge is 0.261 e. The molecule has 0 spiro atoms. The Hall–Kier alpha value is -2.80. The molecule has 11 nitrogen and oxygen atoms in total. The van der Waals surface area contributed by atoms with E-state index in [2.05, 4.69) is 27.5 Å². The zero-order chi connectivity index (χ0) is 26.6. The van der Waals surface area contributed by atoms with Crippen molar-refractivity contribution in [2.45, 2.75) is 31.6 Å². The highest BCUT2D eigenvalue weighted by molar-refractivity contribution is 7.89. The quantitative estimate of drug-likeness (QED) is 0.320. The van der Waals surface area contributed by atoms with Gasteiger partial charge in [0, 0.05) is 59.3 Å². The summed E-state index contributed by atoms with van der Waals surface area (Å²) in [6.07, 6.45) is 3.49. The summed E-state index contributed by atoms with van der Waals surface area (Å²) in [4.78, 5) is 24.3. The number of amides is 1. The van der Waals surface area contributed by atoms with Crippen LogP contribution in [0, 0.1) is 0 Å². The molecule has 36 heavy (non-hydrogen) atoms. The number of ether oxygens (including phenoxy) is 2. The van der Waals surface area contributed by atoms with Gasteiger partial charge in [-0.3, -0.25) is 4.79 Å². The van der Waals surface area contributed by atoms with E-state index in [4.69, 9.17) is 9.47 Å². The molecule has 1 aromatic heterocycles. The summed E-state index contributed by atoms with van der Waals surface area (Å²) in [5, 5.41) is 6.02. The van der Waals surface area contributed by atoms with Gasteiger partial charge in [0.2, 0.25) is 16.0 Å². The maximum Gasteiger partial charge on any atom is 0.261 e. The van der Waals surface area contributed by atoms with Gasteiger partial charge in [0.15, 0.2) is 0 Å². The molecule has 0 atom stereocenters. The lowest BCUT2D eigenvalue weighted by atomic mass is 10.2. The summed E-state index contributed by atoms with van der Waals surface area (Å²) in [7, 11) is 1.17. The van der Waals surface area contributed by atoms with Gasteiger partial charge in [-0.15, -0.1) is 0 Å². The number of methoxy groups -OCH3 is 2. The molecule has 0 aliphatic carbocycles. The number of sulfonamides is 1. The molecule has 0 saturated heterocycles. The van der Waals surface area contributed by atoms with Crippen molar-refractivity contribution in [3.8, 4) is 0 Å². The number of carbonyl (C=O) groups excluding carboxylic acids is 1. The van der Waals surface area contributed by atoms with Gasteiger partial charge in [0.25, 0.3) is 5.91 Å². The largest absolute Gasteiger partial charge is 0.383 e. The van der Waals surface area contributed by atoms with Crippen molar-refractivity contribution in [1.29, 1.82) is 0 Å². The molecule has 0 aliphatic heterocycles. The van der Waals surface area contributed by atoms with Crippen LogP contribution in [0.3, 0.4) is 0 Å². The molecule has 0 saturated carbocycles. The average molecular weight is 523 g/mol. The Labute approximate surface area is 214 Å². The minimum absolute atomic E-state index is 0.154. The normalized spacial score (nSPS) is 11.5. The number of carbonyl (C=O) groups is 1. The molecule has 0 aliphatic rings. The van der Waals surface area contributed by atoms with Crippen LogP contribution in [0.15, 0.2) is 35.4 Å². The lowest BCUT2D eigenvalue weighted by molar-refractivity contribution is 0.102. The molecule has 1 heterocycles. The molecule has 1 aromatic carbocycles. The Balaban J connectivity index is 2.33. The highest BCUT2D eigenvalue weighted by atomic mass is 32.2.